The summed E-state index contributed by atoms with van der Waals surface area (Å²) in [5.41, 5.74) is 1.23. The van der Waals surface area contributed by atoms with Gasteiger partial charge in [-0.25, -0.2) is 0 Å². The molecule has 1 saturated heterocycles. The lowest BCUT2D eigenvalue weighted by Crippen LogP contribution is -2.38. The van der Waals surface area contributed by atoms with Crippen molar-refractivity contribution in [3.63, 3.8) is 0 Å². The summed E-state index contributed by atoms with van der Waals surface area (Å²) in [6.45, 7) is 9.52. The lowest BCUT2D eigenvalue weighted by Gasteiger charge is -2.26. The number of benzene rings is 1. The van der Waals surface area contributed by atoms with Crippen LogP contribution in [0.4, 0.5) is 0 Å². The number of carbonyl (C=O) groups excluding carboxylic acids is 1. The fourth-order valence-electron chi connectivity index (χ4n) is 2.87. The van der Waals surface area contributed by atoms with Crippen LogP contribution < -0.4 is 5.32 Å². The van der Waals surface area contributed by atoms with E-state index in [-0.39, 0.29) is 17.4 Å². The summed E-state index contributed by atoms with van der Waals surface area (Å²) in [4.78, 5) is 14.7. The minimum Gasteiger partial charge on any atom is -0.348 e. The molecule has 1 aromatic carbocycles. The van der Waals surface area contributed by atoms with Crippen molar-refractivity contribution in [2.75, 3.05) is 19.6 Å². The molecule has 3 nitrogen and oxygen atoms in total. The van der Waals surface area contributed by atoms with E-state index >= 15 is 0 Å². The molecule has 1 aliphatic rings. The Morgan fingerprint density at radius 3 is 2.38 bits per heavy atom. The molecule has 1 heterocycles. The largest absolute Gasteiger partial charge is 0.348 e. The van der Waals surface area contributed by atoms with E-state index in [1.165, 1.54) is 18.4 Å². The lowest BCUT2D eigenvalue weighted by atomic mass is 9.91. The van der Waals surface area contributed by atoms with Crippen molar-refractivity contribution in [3.05, 3.63) is 35.9 Å². The fraction of sp³-hybridized carbons (Fsp3) is 0.611. The second-order valence-corrected chi connectivity index (χ2v) is 7.28. The van der Waals surface area contributed by atoms with Gasteiger partial charge in [0.1, 0.15) is 0 Å². The number of likely N-dealkylation sites (tertiary alicyclic amines) is 1. The van der Waals surface area contributed by atoms with E-state index in [2.05, 4.69) is 43.1 Å². The third-order valence-electron chi connectivity index (χ3n) is 3.87. The van der Waals surface area contributed by atoms with Crippen LogP contribution in [0, 0.1) is 5.41 Å². The van der Waals surface area contributed by atoms with E-state index in [0.29, 0.717) is 6.42 Å². The number of nitrogens with one attached hydrogen (secondary N) is 1. The number of hydrogen-bond acceptors (Lipinski definition) is 2. The molecule has 1 amide bonds. The minimum atomic E-state index is 0.0268. The minimum absolute atomic E-state index is 0.0268. The number of hydrogen-bond donors (Lipinski definition) is 1. The van der Waals surface area contributed by atoms with Gasteiger partial charge >= 0.3 is 0 Å². The van der Waals surface area contributed by atoms with E-state index < -0.39 is 0 Å². The molecule has 0 spiro atoms. The highest BCUT2D eigenvalue weighted by Crippen LogP contribution is 2.21. The molecule has 1 aliphatic heterocycles. The van der Waals surface area contributed by atoms with E-state index in [9.17, 15) is 4.79 Å². The standard InChI is InChI=1S/C18H28N2O/c1-18(2,3)13-17(21)19-16(14-20-11-7-8-12-20)15-9-5-4-6-10-15/h4-6,9-10,16H,7-8,11-14H2,1-3H3,(H,19,21). The molecule has 1 aromatic rings. The second-order valence-electron chi connectivity index (χ2n) is 7.28. The number of rotatable bonds is 5. The maximum absolute atomic E-state index is 12.3. The van der Waals surface area contributed by atoms with Crippen molar-refractivity contribution in [1.29, 1.82) is 0 Å². The first kappa shape index (κ1) is 16.0. The van der Waals surface area contributed by atoms with Crippen LogP contribution in [0.3, 0.4) is 0 Å². The molecular weight excluding hydrogens is 260 g/mol. The molecule has 0 bridgehead atoms. The summed E-state index contributed by atoms with van der Waals surface area (Å²) < 4.78 is 0. The Bertz CT molecular complexity index is 444. The van der Waals surface area contributed by atoms with Gasteiger partial charge in [0.2, 0.25) is 5.91 Å². The number of carbonyl (C=O) groups is 1. The third-order valence-corrected chi connectivity index (χ3v) is 3.87. The smallest absolute Gasteiger partial charge is 0.221 e. The molecule has 0 radical (unpaired) electrons. The van der Waals surface area contributed by atoms with Crippen LogP contribution in [-0.4, -0.2) is 30.4 Å². The Morgan fingerprint density at radius 1 is 1.19 bits per heavy atom. The Balaban J connectivity index is 2.03. The van der Waals surface area contributed by atoms with Gasteiger partial charge in [0.15, 0.2) is 0 Å². The van der Waals surface area contributed by atoms with Gasteiger partial charge in [-0.2, -0.15) is 0 Å². The topological polar surface area (TPSA) is 32.3 Å². The molecule has 0 aromatic heterocycles. The highest BCUT2D eigenvalue weighted by Gasteiger charge is 2.22. The van der Waals surface area contributed by atoms with Gasteiger partial charge in [0.25, 0.3) is 0 Å². The summed E-state index contributed by atoms with van der Waals surface area (Å²) >= 11 is 0. The predicted molar refractivity (Wildman–Crippen MR) is 87.1 cm³/mol. The van der Waals surface area contributed by atoms with Crippen molar-refractivity contribution < 1.29 is 4.79 Å². The van der Waals surface area contributed by atoms with Crippen molar-refractivity contribution in [2.24, 2.45) is 5.41 Å². The normalized spacial score (nSPS) is 17.7. The molecule has 3 heteroatoms. The van der Waals surface area contributed by atoms with E-state index in [1.807, 2.05) is 18.2 Å². The molecule has 21 heavy (non-hydrogen) atoms. The summed E-state index contributed by atoms with van der Waals surface area (Å²) in [6.07, 6.45) is 3.12. The molecule has 2 rings (SSSR count). The first-order valence-corrected chi connectivity index (χ1v) is 8.01. The van der Waals surface area contributed by atoms with Crippen LogP contribution >= 0.6 is 0 Å². The molecule has 1 unspecified atom stereocenters. The van der Waals surface area contributed by atoms with E-state index in [0.717, 1.165) is 19.6 Å². The van der Waals surface area contributed by atoms with Crippen LogP contribution in [0.15, 0.2) is 30.3 Å². The van der Waals surface area contributed by atoms with Crippen LogP contribution in [-0.2, 0) is 4.79 Å². The third kappa shape index (κ3) is 5.50. The molecular formula is C18H28N2O. The second kappa shape index (κ2) is 7.08. The Hall–Kier alpha value is -1.35. The average molecular weight is 288 g/mol. The Kier molecular flexibility index (Phi) is 5.40. The van der Waals surface area contributed by atoms with Gasteiger partial charge in [-0.05, 0) is 36.9 Å². The first-order valence-electron chi connectivity index (χ1n) is 8.01. The number of amides is 1. The maximum Gasteiger partial charge on any atom is 0.221 e. The van der Waals surface area contributed by atoms with Gasteiger partial charge in [-0.3, -0.25) is 4.79 Å². The lowest BCUT2D eigenvalue weighted by molar-refractivity contribution is -0.123. The van der Waals surface area contributed by atoms with Crippen molar-refractivity contribution in [1.82, 2.24) is 10.2 Å². The quantitative estimate of drug-likeness (QED) is 0.901. The number of nitrogens with zero attached hydrogens (tertiary/aromatic N) is 1. The highest BCUT2D eigenvalue weighted by atomic mass is 16.1. The van der Waals surface area contributed by atoms with Crippen LogP contribution in [0.5, 0.6) is 0 Å². The zero-order valence-corrected chi connectivity index (χ0v) is 13.6. The van der Waals surface area contributed by atoms with Gasteiger partial charge in [0.05, 0.1) is 6.04 Å². The SMILES string of the molecule is CC(C)(C)CC(=O)NC(CN1CCCC1)c1ccccc1. The van der Waals surface area contributed by atoms with Crippen molar-refractivity contribution in [3.8, 4) is 0 Å². The highest BCUT2D eigenvalue weighted by molar-refractivity contribution is 5.77. The monoisotopic (exact) mass is 288 g/mol. The molecule has 1 fully saturated rings. The zero-order chi connectivity index (χ0) is 15.3. The fourth-order valence-corrected chi connectivity index (χ4v) is 2.87. The first-order chi connectivity index (χ1) is 9.94. The summed E-state index contributed by atoms with van der Waals surface area (Å²) in [5.74, 6) is 0.149. The van der Waals surface area contributed by atoms with E-state index in [4.69, 9.17) is 0 Å². The molecule has 1 N–H and O–H groups in total. The van der Waals surface area contributed by atoms with Gasteiger partial charge in [-0.1, -0.05) is 51.1 Å². The maximum atomic E-state index is 12.3. The van der Waals surface area contributed by atoms with Crippen LogP contribution in [0.1, 0.15) is 51.6 Å². The zero-order valence-electron chi connectivity index (χ0n) is 13.6. The van der Waals surface area contributed by atoms with Gasteiger partial charge in [-0.15, -0.1) is 0 Å². The van der Waals surface area contributed by atoms with Crippen molar-refractivity contribution in [2.45, 2.75) is 46.1 Å². The van der Waals surface area contributed by atoms with Gasteiger partial charge < -0.3 is 10.2 Å². The molecule has 1 atom stereocenters. The summed E-state index contributed by atoms with van der Waals surface area (Å²) in [7, 11) is 0. The predicted octanol–water partition coefficient (Wildman–Crippen LogP) is 3.38. The van der Waals surface area contributed by atoms with E-state index in [1.54, 1.807) is 0 Å². The Morgan fingerprint density at radius 2 is 1.81 bits per heavy atom. The van der Waals surface area contributed by atoms with Crippen LogP contribution in [0.25, 0.3) is 0 Å². The summed E-state index contributed by atoms with van der Waals surface area (Å²) in [6, 6.07) is 10.4. The average Bonchev–Trinajstić information content (AvgIpc) is 2.90. The summed E-state index contributed by atoms with van der Waals surface area (Å²) in [5, 5.41) is 3.24. The van der Waals surface area contributed by atoms with Crippen LogP contribution in [0.2, 0.25) is 0 Å². The molecule has 0 saturated carbocycles. The molecule has 0 aliphatic carbocycles. The van der Waals surface area contributed by atoms with Gasteiger partial charge in [0, 0.05) is 13.0 Å². The molecule has 116 valence electrons. The van der Waals surface area contributed by atoms with Crippen molar-refractivity contribution >= 4 is 5.91 Å². The Labute approximate surface area is 128 Å².